The highest BCUT2D eigenvalue weighted by atomic mass is 16.6. The average molecular weight is 184 g/mol. The summed E-state index contributed by atoms with van der Waals surface area (Å²) in [6.07, 6.45) is 4.66. The summed E-state index contributed by atoms with van der Waals surface area (Å²) in [5.74, 6) is 0.810. The molecule has 2 saturated carbocycles. The van der Waals surface area contributed by atoms with Crippen LogP contribution in [-0.4, -0.2) is 23.3 Å². The van der Waals surface area contributed by atoms with Crippen LogP contribution < -0.4 is 0 Å². The zero-order chi connectivity index (χ0) is 9.47. The lowest BCUT2D eigenvalue weighted by atomic mass is 9.86. The van der Waals surface area contributed by atoms with Crippen molar-refractivity contribution in [3.8, 4) is 0 Å². The van der Waals surface area contributed by atoms with Crippen LogP contribution in [0.2, 0.25) is 0 Å². The Labute approximate surface area is 78.1 Å². The zero-order valence-electron chi connectivity index (χ0n) is 7.95. The van der Waals surface area contributed by atoms with E-state index in [9.17, 15) is 4.79 Å². The monoisotopic (exact) mass is 184 g/mol. The molecule has 0 aromatic carbocycles. The third-order valence-corrected chi connectivity index (χ3v) is 3.57. The van der Waals surface area contributed by atoms with E-state index in [1.807, 2.05) is 6.92 Å². The molecule has 0 aromatic rings. The largest absolute Gasteiger partial charge is 0.457 e. The molecule has 13 heavy (non-hydrogen) atoms. The fourth-order valence-corrected chi connectivity index (χ4v) is 2.97. The van der Waals surface area contributed by atoms with Crippen LogP contribution in [0.5, 0.6) is 0 Å². The lowest BCUT2D eigenvalue weighted by Crippen LogP contribution is -2.38. The van der Waals surface area contributed by atoms with Crippen LogP contribution in [-0.2, 0) is 9.53 Å². The maximum atomic E-state index is 11.0. The van der Waals surface area contributed by atoms with Gasteiger partial charge in [0.1, 0.15) is 12.2 Å². The summed E-state index contributed by atoms with van der Waals surface area (Å²) >= 11 is 0. The fourth-order valence-electron chi connectivity index (χ4n) is 2.97. The molecule has 2 aliphatic rings. The van der Waals surface area contributed by atoms with E-state index in [1.54, 1.807) is 0 Å². The maximum absolute atomic E-state index is 11.0. The Morgan fingerprint density at radius 1 is 1.62 bits per heavy atom. The molecule has 0 aromatic heterocycles. The highest BCUT2D eigenvalue weighted by Crippen LogP contribution is 2.52. The molecule has 0 saturated heterocycles. The van der Waals surface area contributed by atoms with E-state index in [4.69, 9.17) is 9.84 Å². The van der Waals surface area contributed by atoms with Crippen molar-refractivity contribution in [1.29, 1.82) is 0 Å². The molecule has 2 rings (SSSR count). The second kappa shape index (κ2) is 2.98. The SMILES string of the molecule is CC1(OC(=O)CO)CC2CCC1C2. The highest BCUT2D eigenvalue weighted by Gasteiger charge is 2.50. The first-order chi connectivity index (χ1) is 6.14. The number of hydrogen-bond acceptors (Lipinski definition) is 3. The highest BCUT2D eigenvalue weighted by molar-refractivity contribution is 5.71. The van der Waals surface area contributed by atoms with Gasteiger partial charge in [0, 0.05) is 0 Å². The molecular formula is C10H16O3. The van der Waals surface area contributed by atoms with Gasteiger partial charge >= 0.3 is 5.97 Å². The Morgan fingerprint density at radius 2 is 2.38 bits per heavy atom. The predicted octanol–water partition coefficient (Wildman–Crippen LogP) is 1.10. The molecule has 74 valence electrons. The quantitative estimate of drug-likeness (QED) is 0.654. The molecule has 2 fully saturated rings. The molecule has 2 bridgehead atoms. The number of fused-ring (bicyclic) bond motifs is 2. The van der Waals surface area contributed by atoms with E-state index >= 15 is 0 Å². The fraction of sp³-hybridized carbons (Fsp3) is 0.900. The van der Waals surface area contributed by atoms with Crippen LogP contribution in [0, 0.1) is 11.8 Å². The van der Waals surface area contributed by atoms with Gasteiger partial charge in [0.05, 0.1) is 0 Å². The van der Waals surface area contributed by atoms with Crippen LogP contribution in [0.25, 0.3) is 0 Å². The minimum atomic E-state index is -0.493. The Morgan fingerprint density at radius 3 is 2.85 bits per heavy atom. The maximum Gasteiger partial charge on any atom is 0.332 e. The first kappa shape index (κ1) is 9.00. The third-order valence-electron chi connectivity index (χ3n) is 3.57. The van der Waals surface area contributed by atoms with E-state index in [0.29, 0.717) is 5.92 Å². The number of aliphatic hydroxyl groups is 1. The molecule has 1 N–H and O–H groups in total. The van der Waals surface area contributed by atoms with Crippen molar-refractivity contribution in [3.63, 3.8) is 0 Å². The van der Waals surface area contributed by atoms with Gasteiger partial charge in [-0.3, -0.25) is 0 Å². The number of carbonyl (C=O) groups is 1. The van der Waals surface area contributed by atoms with E-state index in [-0.39, 0.29) is 5.60 Å². The summed E-state index contributed by atoms with van der Waals surface area (Å²) in [6, 6.07) is 0. The van der Waals surface area contributed by atoms with Gasteiger partial charge in [-0.2, -0.15) is 0 Å². The summed E-state index contributed by atoms with van der Waals surface area (Å²) in [7, 11) is 0. The second-order valence-corrected chi connectivity index (χ2v) is 4.52. The van der Waals surface area contributed by atoms with E-state index in [1.165, 1.54) is 19.3 Å². The Kier molecular flexibility index (Phi) is 2.06. The van der Waals surface area contributed by atoms with Gasteiger partial charge in [-0.05, 0) is 44.4 Å². The topological polar surface area (TPSA) is 46.5 Å². The van der Waals surface area contributed by atoms with Crippen LogP contribution in [0.3, 0.4) is 0 Å². The average Bonchev–Trinajstić information content (AvgIpc) is 2.62. The number of hydrogen-bond donors (Lipinski definition) is 1. The second-order valence-electron chi connectivity index (χ2n) is 4.52. The van der Waals surface area contributed by atoms with E-state index < -0.39 is 12.6 Å². The van der Waals surface area contributed by atoms with Crippen LogP contribution in [0.15, 0.2) is 0 Å². The standard InChI is InChI=1S/C10H16O3/c1-10(13-9(12)6-11)5-7-2-3-8(10)4-7/h7-8,11H,2-6H2,1H3. The van der Waals surface area contributed by atoms with Gasteiger partial charge in [-0.25, -0.2) is 4.79 Å². The number of aliphatic hydroxyl groups excluding tert-OH is 1. The molecule has 0 spiro atoms. The predicted molar refractivity (Wildman–Crippen MR) is 47.0 cm³/mol. The van der Waals surface area contributed by atoms with Crippen LogP contribution in [0.1, 0.15) is 32.6 Å². The van der Waals surface area contributed by atoms with E-state index in [2.05, 4.69) is 0 Å². The Bertz CT molecular complexity index is 226. The molecule has 0 heterocycles. The molecule has 3 atom stereocenters. The lowest BCUT2D eigenvalue weighted by Gasteiger charge is -2.33. The first-order valence-corrected chi connectivity index (χ1v) is 4.97. The summed E-state index contributed by atoms with van der Waals surface area (Å²) in [6.45, 7) is 1.51. The third kappa shape index (κ3) is 1.46. The van der Waals surface area contributed by atoms with Crippen LogP contribution in [0.4, 0.5) is 0 Å². The molecule has 3 unspecified atom stereocenters. The van der Waals surface area contributed by atoms with Gasteiger partial charge in [0.25, 0.3) is 0 Å². The molecule has 2 aliphatic carbocycles. The normalized spacial score (nSPS) is 42.3. The van der Waals surface area contributed by atoms with Crippen molar-refractivity contribution >= 4 is 5.97 Å². The number of rotatable bonds is 2. The van der Waals surface area contributed by atoms with Crippen molar-refractivity contribution in [2.24, 2.45) is 11.8 Å². The van der Waals surface area contributed by atoms with Gasteiger partial charge in [-0.15, -0.1) is 0 Å². The minimum Gasteiger partial charge on any atom is -0.457 e. The van der Waals surface area contributed by atoms with Gasteiger partial charge in [0.15, 0.2) is 0 Å². The summed E-state index contributed by atoms with van der Waals surface area (Å²) in [5.41, 5.74) is -0.275. The van der Waals surface area contributed by atoms with Crippen molar-refractivity contribution in [2.75, 3.05) is 6.61 Å². The summed E-state index contributed by atoms with van der Waals surface area (Å²) < 4.78 is 5.29. The Balaban J connectivity index is 2.01. The molecule has 0 aliphatic heterocycles. The summed E-state index contributed by atoms with van der Waals surface area (Å²) in [5, 5.41) is 8.61. The first-order valence-electron chi connectivity index (χ1n) is 4.97. The molecule has 3 nitrogen and oxygen atoms in total. The molecule has 0 radical (unpaired) electrons. The van der Waals surface area contributed by atoms with E-state index in [0.717, 1.165) is 12.3 Å². The van der Waals surface area contributed by atoms with Gasteiger partial charge < -0.3 is 9.84 Å². The number of ether oxygens (including phenoxy) is 1. The smallest absolute Gasteiger partial charge is 0.332 e. The Hall–Kier alpha value is -0.570. The summed E-state index contributed by atoms with van der Waals surface area (Å²) in [4.78, 5) is 11.0. The molecule has 0 amide bonds. The van der Waals surface area contributed by atoms with Crippen molar-refractivity contribution in [3.05, 3.63) is 0 Å². The number of carbonyl (C=O) groups excluding carboxylic acids is 1. The zero-order valence-corrected chi connectivity index (χ0v) is 7.95. The number of esters is 1. The van der Waals surface area contributed by atoms with Crippen molar-refractivity contribution < 1.29 is 14.6 Å². The van der Waals surface area contributed by atoms with Crippen molar-refractivity contribution in [2.45, 2.75) is 38.2 Å². The van der Waals surface area contributed by atoms with Gasteiger partial charge in [-0.1, -0.05) is 0 Å². The van der Waals surface area contributed by atoms with Crippen molar-refractivity contribution in [1.82, 2.24) is 0 Å². The molecular weight excluding hydrogens is 168 g/mol. The van der Waals surface area contributed by atoms with Crippen LogP contribution >= 0.6 is 0 Å². The molecule has 3 heteroatoms. The minimum absolute atomic E-state index is 0.275. The lowest BCUT2D eigenvalue weighted by molar-refractivity contribution is -0.166. The van der Waals surface area contributed by atoms with Gasteiger partial charge in [0.2, 0.25) is 0 Å².